The van der Waals surface area contributed by atoms with Crippen LogP contribution in [0.4, 0.5) is 5.69 Å². The lowest BCUT2D eigenvalue weighted by atomic mass is 9.98. The van der Waals surface area contributed by atoms with Gasteiger partial charge >= 0.3 is 0 Å². The molecule has 8 heteroatoms. The van der Waals surface area contributed by atoms with Crippen molar-refractivity contribution in [3.05, 3.63) is 53.1 Å². The molecule has 6 nitrogen and oxygen atoms in total. The maximum absolute atomic E-state index is 13.0. The van der Waals surface area contributed by atoms with Gasteiger partial charge in [-0.25, -0.2) is 8.42 Å². The van der Waals surface area contributed by atoms with Crippen LogP contribution in [0.5, 0.6) is 5.75 Å². The van der Waals surface area contributed by atoms with Crippen LogP contribution in [0.25, 0.3) is 0 Å². The van der Waals surface area contributed by atoms with Crippen LogP contribution in [-0.4, -0.2) is 38.8 Å². The van der Waals surface area contributed by atoms with Crippen LogP contribution in [0, 0.1) is 12.8 Å². The van der Waals surface area contributed by atoms with Crippen LogP contribution in [0.2, 0.25) is 5.02 Å². The van der Waals surface area contributed by atoms with Gasteiger partial charge in [0, 0.05) is 18.8 Å². The van der Waals surface area contributed by atoms with Gasteiger partial charge in [-0.3, -0.25) is 4.79 Å². The van der Waals surface area contributed by atoms with E-state index in [0.717, 1.165) is 5.56 Å². The van der Waals surface area contributed by atoms with Gasteiger partial charge in [0.15, 0.2) is 0 Å². The Labute approximate surface area is 170 Å². The summed E-state index contributed by atoms with van der Waals surface area (Å²) in [4.78, 5) is 12.8. The molecule has 28 heavy (non-hydrogen) atoms. The summed E-state index contributed by atoms with van der Waals surface area (Å²) in [5.74, 6) is -0.161. The highest BCUT2D eigenvalue weighted by molar-refractivity contribution is 7.89. The van der Waals surface area contributed by atoms with Gasteiger partial charge in [-0.2, -0.15) is 4.31 Å². The molecule has 0 radical (unpaired) electrons. The van der Waals surface area contributed by atoms with Crippen LogP contribution in [0.15, 0.2) is 47.4 Å². The van der Waals surface area contributed by atoms with Crippen LogP contribution >= 0.6 is 11.6 Å². The third kappa shape index (κ3) is 4.48. The Morgan fingerprint density at radius 1 is 1.25 bits per heavy atom. The summed E-state index contributed by atoms with van der Waals surface area (Å²) in [5.41, 5.74) is 1.76. The molecule has 2 aromatic rings. The number of ether oxygens (including phenoxy) is 1. The van der Waals surface area contributed by atoms with E-state index in [-0.39, 0.29) is 22.4 Å². The van der Waals surface area contributed by atoms with E-state index in [9.17, 15) is 13.2 Å². The van der Waals surface area contributed by atoms with Crippen molar-refractivity contribution in [2.24, 2.45) is 5.92 Å². The number of nitrogens with one attached hydrogen (secondary N) is 1. The van der Waals surface area contributed by atoms with Crippen molar-refractivity contribution in [1.29, 1.82) is 0 Å². The smallest absolute Gasteiger partial charge is 0.243 e. The van der Waals surface area contributed by atoms with E-state index in [1.807, 2.05) is 31.2 Å². The summed E-state index contributed by atoms with van der Waals surface area (Å²) in [6.45, 7) is 2.47. The van der Waals surface area contributed by atoms with E-state index in [1.54, 1.807) is 0 Å². The fraction of sp³-hybridized carbons (Fsp3) is 0.350. The van der Waals surface area contributed by atoms with Crippen molar-refractivity contribution < 1.29 is 17.9 Å². The third-order valence-electron chi connectivity index (χ3n) is 4.80. The van der Waals surface area contributed by atoms with E-state index < -0.39 is 15.9 Å². The first-order valence-electron chi connectivity index (χ1n) is 9.02. The highest BCUT2D eigenvalue weighted by atomic mass is 35.5. The predicted octanol–water partition coefficient (Wildman–Crippen LogP) is 3.70. The average Bonchev–Trinajstić information content (AvgIpc) is 2.68. The molecule has 1 amide bonds. The lowest BCUT2D eigenvalue weighted by molar-refractivity contribution is -0.120. The van der Waals surface area contributed by atoms with Crippen molar-refractivity contribution in [3.8, 4) is 5.75 Å². The van der Waals surface area contributed by atoms with Crippen molar-refractivity contribution >= 4 is 33.2 Å². The summed E-state index contributed by atoms with van der Waals surface area (Å²) in [5, 5.41) is 3.12. The molecular weight excluding hydrogens is 400 g/mol. The number of benzene rings is 2. The highest BCUT2D eigenvalue weighted by Gasteiger charge is 2.33. The quantitative estimate of drug-likeness (QED) is 0.797. The minimum atomic E-state index is -3.74. The molecule has 0 spiro atoms. The molecule has 1 saturated heterocycles. The number of anilines is 1. The van der Waals surface area contributed by atoms with Crippen LogP contribution in [0.3, 0.4) is 0 Å². The van der Waals surface area contributed by atoms with Gasteiger partial charge in [0.25, 0.3) is 0 Å². The number of methoxy groups -OCH3 is 1. The number of carbonyl (C=O) groups is 1. The van der Waals surface area contributed by atoms with Gasteiger partial charge in [-0.05, 0) is 55.7 Å². The van der Waals surface area contributed by atoms with Crippen molar-refractivity contribution in [2.75, 3.05) is 25.5 Å². The monoisotopic (exact) mass is 422 g/mol. The normalized spacial score (nSPS) is 17.9. The van der Waals surface area contributed by atoms with Gasteiger partial charge in [0.05, 0.1) is 22.9 Å². The number of nitrogens with zero attached hydrogens (tertiary/aromatic N) is 1. The molecular formula is C20H23ClN2O4S. The zero-order chi connectivity index (χ0) is 20.3. The SMILES string of the molecule is COc1ccc(S(=O)(=O)N2CCC[C@@H](C(=O)Nc3cccc(C)c3)C2)cc1Cl. The minimum absolute atomic E-state index is 0.0954. The van der Waals surface area contributed by atoms with Crippen LogP contribution in [0.1, 0.15) is 18.4 Å². The molecule has 1 aliphatic rings. The molecule has 0 unspecified atom stereocenters. The van der Waals surface area contributed by atoms with E-state index in [0.29, 0.717) is 30.8 Å². The number of rotatable bonds is 5. The molecule has 1 heterocycles. The largest absolute Gasteiger partial charge is 0.495 e. The summed E-state index contributed by atoms with van der Waals surface area (Å²) < 4.78 is 32.4. The summed E-state index contributed by atoms with van der Waals surface area (Å²) in [7, 11) is -2.27. The number of aryl methyl sites for hydroxylation is 1. The molecule has 0 aliphatic carbocycles. The Kier molecular flexibility index (Phi) is 6.27. The average molecular weight is 423 g/mol. The Morgan fingerprint density at radius 3 is 2.71 bits per heavy atom. The van der Waals surface area contributed by atoms with Crippen molar-refractivity contribution in [2.45, 2.75) is 24.7 Å². The second-order valence-corrected chi connectivity index (χ2v) is 9.20. The van der Waals surface area contributed by atoms with E-state index in [2.05, 4.69) is 5.32 Å². The molecule has 1 atom stereocenters. The molecule has 0 saturated carbocycles. The maximum atomic E-state index is 13.0. The summed E-state index contributed by atoms with van der Waals surface area (Å²) in [6, 6.07) is 11.9. The molecule has 1 N–H and O–H groups in total. The summed E-state index contributed by atoms with van der Waals surface area (Å²) >= 11 is 6.08. The highest BCUT2D eigenvalue weighted by Crippen LogP contribution is 2.30. The van der Waals surface area contributed by atoms with Gasteiger partial charge in [-0.15, -0.1) is 0 Å². The van der Waals surface area contributed by atoms with Crippen LogP contribution < -0.4 is 10.1 Å². The van der Waals surface area contributed by atoms with Crippen molar-refractivity contribution in [3.63, 3.8) is 0 Å². The van der Waals surface area contributed by atoms with Gasteiger partial charge < -0.3 is 10.1 Å². The fourth-order valence-corrected chi connectivity index (χ4v) is 5.17. The second kappa shape index (κ2) is 8.51. The fourth-order valence-electron chi connectivity index (χ4n) is 3.30. The van der Waals surface area contributed by atoms with E-state index in [1.165, 1.54) is 29.6 Å². The Balaban J connectivity index is 1.74. The molecule has 0 aromatic heterocycles. The number of amides is 1. The molecule has 3 rings (SSSR count). The molecule has 2 aromatic carbocycles. The number of piperidine rings is 1. The minimum Gasteiger partial charge on any atom is -0.495 e. The predicted molar refractivity (Wildman–Crippen MR) is 109 cm³/mol. The first-order chi connectivity index (χ1) is 13.3. The molecule has 1 fully saturated rings. The molecule has 0 bridgehead atoms. The molecule has 1 aliphatic heterocycles. The maximum Gasteiger partial charge on any atom is 0.243 e. The Morgan fingerprint density at radius 2 is 2.04 bits per heavy atom. The number of halogens is 1. The first-order valence-corrected chi connectivity index (χ1v) is 10.8. The number of hydrogen-bond donors (Lipinski definition) is 1. The van der Waals surface area contributed by atoms with Crippen LogP contribution in [-0.2, 0) is 14.8 Å². The van der Waals surface area contributed by atoms with E-state index in [4.69, 9.17) is 16.3 Å². The lowest BCUT2D eigenvalue weighted by Crippen LogP contribution is -2.43. The van der Waals surface area contributed by atoms with Crippen molar-refractivity contribution in [1.82, 2.24) is 4.31 Å². The first kappa shape index (κ1) is 20.6. The Hall–Kier alpha value is -2.09. The topological polar surface area (TPSA) is 75.7 Å². The zero-order valence-electron chi connectivity index (χ0n) is 15.8. The number of hydrogen-bond acceptors (Lipinski definition) is 4. The van der Waals surface area contributed by atoms with Gasteiger partial charge in [0.2, 0.25) is 15.9 Å². The molecule has 150 valence electrons. The van der Waals surface area contributed by atoms with E-state index >= 15 is 0 Å². The summed E-state index contributed by atoms with van der Waals surface area (Å²) in [6.07, 6.45) is 1.27. The lowest BCUT2D eigenvalue weighted by Gasteiger charge is -2.31. The number of sulfonamides is 1. The third-order valence-corrected chi connectivity index (χ3v) is 6.96. The second-order valence-electron chi connectivity index (χ2n) is 6.86. The Bertz CT molecular complexity index is 978. The van der Waals surface area contributed by atoms with Gasteiger partial charge in [-0.1, -0.05) is 23.7 Å². The number of carbonyl (C=O) groups excluding carboxylic acids is 1. The standard InChI is InChI=1S/C20H23ClN2O4S/c1-14-5-3-7-16(11-14)22-20(24)15-6-4-10-23(13-15)28(25,26)17-8-9-19(27-2)18(21)12-17/h3,5,7-9,11-12,15H,4,6,10,13H2,1-2H3,(H,22,24)/t15-/m1/s1. The van der Waals surface area contributed by atoms with Gasteiger partial charge in [0.1, 0.15) is 5.75 Å². The zero-order valence-corrected chi connectivity index (χ0v) is 17.4.